The first-order chi connectivity index (χ1) is 14.0. The van der Waals surface area contributed by atoms with E-state index in [0.29, 0.717) is 31.8 Å². The molecule has 0 spiro atoms. The van der Waals surface area contributed by atoms with Gasteiger partial charge in [0.1, 0.15) is 6.10 Å². The minimum absolute atomic E-state index is 0.132. The van der Waals surface area contributed by atoms with Gasteiger partial charge >= 0.3 is 5.69 Å². The molecule has 164 valence electrons. The van der Waals surface area contributed by atoms with Gasteiger partial charge in [-0.3, -0.25) is 19.1 Å². The molecular formula is C17H26FN2O7PS. The van der Waals surface area contributed by atoms with Crippen LogP contribution >= 0.6 is 20.8 Å². The first kappa shape index (κ1) is 24.2. The lowest BCUT2D eigenvalue weighted by Gasteiger charge is -2.18. The molecule has 12 heteroatoms. The SMILES string of the molecule is CCC(=O)SCCOCCOPOC1C(CC)OC(n2ccc(=O)[nH]c2=O)C1F. The molecule has 9 nitrogen and oxygen atoms in total. The van der Waals surface area contributed by atoms with Crippen LogP contribution in [0.2, 0.25) is 0 Å². The number of carbonyl (C=O) groups is 1. The molecule has 1 aliphatic heterocycles. The standard InChI is InChI=1S/C17H26FN2O7PS/c1-3-11-15(27-28-25-8-7-24-9-10-29-13(22)4-2)14(18)16(26-11)20-6-5-12(21)19-17(20)23/h5-6,11,14-16,28H,3-4,7-10H2,1-2H3,(H,19,21,23). The fourth-order valence-electron chi connectivity index (χ4n) is 2.67. The molecule has 1 fully saturated rings. The van der Waals surface area contributed by atoms with Gasteiger partial charge < -0.3 is 18.5 Å². The summed E-state index contributed by atoms with van der Waals surface area (Å²) in [6.45, 7) is 4.69. The molecule has 1 aliphatic rings. The number of H-pyrrole nitrogens is 1. The van der Waals surface area contributed by atoms with Gasteiger partial charge in [-0.05, 0) is 6.42 Å². The van der Waals surface area contributed by atoms with Crippen molar-refractivity contribution in [1.82, 2.24) is 9.55 Å². The minimum atomic E-state index is -1.59. The van der Waals surface area contributed by atoms with E-state index in [9.17, 15) is 18.8 Å². The minimum Gasteiger partial charge on any atom is -0.378 e. The van der Waals surface area contributed by atoms with E-state index >= 15 is 0 Å². The van der Waals surface area contributed by atoms with Crippen LogP contribution in [0.15, 0.2) is 21.9 Å². The number of ether oxygens (including phenoxy) is 2. The fourth-order valence-corrected chi connectivity index (χ4v) is 3.93. The van der Waals surface area contributed by atoms with E-state index in [1.807, 2.05) is 13.8 Å². The van der Waals surface area contributed by atoms with Crippen LogP contribution < -0.4 is 11.2 Å². The molecule has 1 aromatic rings. The largest absolute Gasteiger partial charge is 0.378 e. The molecular weight excluding hydrogens is 426 g/mol. The third kappa shape index (κ3) is 7.27. The summed E-state index contributed by atoms with van der Waals surface area (Å²) >= 11 is 1.24. The number of hydrogen-bond acceptors (Lipinski definition) is 8. The predicted octanol–water partition coefficient (Wildman–Crippen LogP) is 1.78. The number of aromatic nitrogens is 2. The molecule has 5 unspecified atom stereocenters. The molecule has 2 heterocycles. The molecule has 0 radical (unpaired) electrons. The number of aromatic amines is 1. The molecule has 0 amide bonds. The highest BCUT2D eigenvalue weighted by Gasteiger charge is 2.46. The average Bonchev–Trinajstić information content (AvgIpc) is 3.02. The van der Waals surface area contributed by atoms with Crippen LogP contribution in [0.3, 0.4) is 0 Å². The van der Waals surface area contributed by atoms with Crippen LogP contribution in [-0.4, -0.2) is 58.6 Å². The Balaban J connectivity index is 1.72. The van der Waals surface area contributed by atoms with Crippen LogP contribution in [-0.2, 0) is 23.3 Å². The van der Waals surface area contributed by atoms with Crippen molar-refractivity contribution in [3.63, 3.8) is 0 Å². The van der Waals surface area contributed by atoms with E-state index in [-0.39, 0.29) is 11.7 Å². The molecule has 0 aliphatic carbocycles. The number of alkyl halides is 1. The predicted molar refractivity (Wildman–Crippen MR) is 108 cm³/mol. The Morgan fingerprint density at radius 3 is 2.83 bits per heavy atom. The van der Waals surface area contributed by atoms with Crippen molar-refractivity contribution < 1.29 is 27.7 Å². The van der Waals surface area contributed by atoms with Crippen molar-refractivity contribution in [2.75, 3.05) is 25.6 Å². The van der Waals surface area contributed by atoms with Gasteiger partial charge in [0.2, 0.25) is 0 Å². The lowest BCUT2D eigenvalue weighted by atomic mass is 10.1. The van der Waals surface area contributed by atoms with Gasteiger partial charge in [0.05, 0.1) is 25.9 Å². The Morgan fingerprint density at radius 2 is 2.14 bits per heavy atom. The van der Waals surface area contributed by atoms with Crippen LogP contribution in [0.1, 0.15) is 32.9 Å². The Bertz CT molecular complexity index is 762. The van der Waals surface area contributed by atoms with Gasteiger partial charge in [0.15, 0.2) is 26.5 Å². The van der Waals surface area contributed by atoms with E-state index in [4.69, 9.17) is 18.5 Å². The second-order valence-electron chi connectivity index (χ2n) is 6.14. The van der Waals surface area contributed by atoms with Crippen LogP contribution in [0.5, 0.6) is 0 Å². The number of rotatable bonds is 12. The fraction of sp³-hybridized carbons (Fsp3) is 0.706. The van der Waals surface area contributed by atoms with E-state index in [2.05, 4.69) is 4.98 Å². The van der Waals surface area contributed by atoms with Gasteiger partial charge in [0.25, 0.3) is 5.56 Å². The van der Waals surface area contributed by atoms with Crippen LogP contribution in [0, 0.1) is 0 Å². The summed E-state index contributed by atoms with van der Waals surface area (Å²) in [5.41, 5.74) is -1.30. The summed E-state index contributed by atoms with van der Waals surface area (Å²) in [6, 6.07) is 1.13. The Kier molecular flexibility index (Phi) is 10.5. The second-order valence-corrected chi connectivity index (χ2v) is 7.98. The first-order valence-corrected chi connectivity index (χ1v) is 11.1. The Morgan fingerprint density at radius 1 is 1.34 bits per heavy atom. The van der Waals surface area contributed by atoms with Crippen molar-refractivity contribution in [2.24, 2.45) is 0 Å². The first-order valence-electron chi connectivity index (χ1n) is 9.34. The molecule has 1 N–H and O–H groups in total. The molecule has 0 aromatic carbocycles. The third-order valence-corrected chi connectivity index (χ3v) is 5.82. The van der Waals surface area contributed by atoms with Crippen LogP contribution in [0.4, 0.5) is 4.39 Å². The summed E-state index contributed by atoms with van der Waals surface area (Å²) in [5, 5.41) is 0.132. The number of hydrogen-bond donors (Lipinski definition) is 1. The van der Waals surface area contributed by atoms with Gasteiger partial charge in [-0.15, -0.1) is 0 Å². The molecule has 0 saturated carbocycles. The summed E-state index contributed by atoms with van der Waals surface area (Å²) in [4.78, 5) is 36.3. The van der Waals surface area contributed by atoms with E-state index in [1.54, 1.807) is 0 Å². The number of nitrogens with zero attached hydrogens (tertiary/aromatic N) is 1. The third-order valence-electron chi connectivity index (χ3n) is 4.15. The van der Waals surface area contributed by atoms with Gasteiger partial charge in [-0.2, -0.15) is 0 Å². The van der Waals surface area contributed by atoms with Crippen molar-refractivity contribution >= 4 is 25.9 Å². The highest BCUT2D eigenvalue weighted by molar-refractivity contribution is 8.13. The van der Waals surface area contributed by atoms with Crippen molar-refractivity contribution in [2.45, 2.75) is 51.3 Å². The maximum atomic E-state index is 14.9. The van der Waals surface area contributed by atoms with Gasteiger partial charge in [-0.25, -0.2) is 9.18 Å². The quantitative estimate of drug-likeness (QED) is 0.378. The highest BCUT2D eigenvalue weighted by Crippen LogP contribution is 2.37. The number of halogens is 1. The van der Waals surface area contributed by atoms with Gasteiger partial charge in [0, 0.05) is 24.4 Å². The zero-order valence-electron chi connectivity index (χ0n) is 16.3. The van der Waals surface area contributed by atoms with E-state index < -0.39 is 44.9 Å². The average molecular weight is 452 g/mol. The van der Waals surface area contributed by atoms with E-state index in [0.717, 1.165) is 10.6 Å². The topological polar surface area (TPSA) is 109 Å². The number of carbonyl (C=O) groups excluding carboxylic acids is 1. The lowest BCUT2D eigenvalue weighted by Crippen LogP contribution is -2.35. The zero-order chi connectivity index (χ0) is 21.2. The molecule has 0 bridgehead atoms. The monoisotopic (exact) mass is 452 g/mol. The van der Waals surface area contributed by atoms with Crippen molar-refractivity contribution in [3.8, 4) is 0 Å². The molecule has 5 atom stereocenters. The van der Waals surface area contributed by atoms with Crippen LogP contribution in [0.25, 0.3) is 0 Å². The maximum absolute atomic E-state index is 14.9. The summed E-state index contributed by atoms with van der Waals surface area (Å²) in [5.74, 6) is 0.595. The Labute approximate surface area is 173 Å². The lowest BCUT2D eigenvalue weighted by molar-refractivity contribution is -0.110. The maximum Gasteiger partial charge on any atom is 0.330 e. The molecule has 1 saturated heterocycles. The van der Waals surface area contributed by atoms with E-state index in [1.165, 1.54) is 18.0 Å². The zero-order valence-corrected chi connectivity index (χ0v) is 18.1. The van der Waals surface area contributed by atoms with Gasteiger partial charge in [-0.1, -0.05) is 25.6 Å². The molecule has 29 heavy (non-hydrogen) atoms. The van der Waals surface area contributed by atoms with Crippen molar-refractivity contribution in [1.29, 1.82) is 0 Å². The number of thioether (sulfide) groups is 1. The Hall–Kier alpha value is -1.10. The summed E-state index contributed by atoms with van der Waals surface area (Å²) in [6.07, 6.45) is -2.01. The second kappa shape index (κ2) is 12.6. The molecule has 1 aromatic heterocycles. The summed E-state index contributed by atoms with van der Waals surface area (Å²) in [7, 11) is -0.413. The highest BCUT2D eigenvalue weighted by atomic mass is 32.2. The smallest absolute Gasteiger partial charge is 0.330 e. The van der Waals surface area contributed by atoms with Crippen molar-refractivity contribution in [3.05, 3.63) is 33.1 Å². The normalized spacial score (nSPS) is 24.5. The number of nitrogens with one attached hydrogen (secondary N) is 1. The summed E-state index contributed by atoms with van der Waals surface area (Å²) < 4.78 is 37.7. The molecule has 2 rings (SSSR count).